The molecular weight excluding hydrogens is 180 g/mol. The fourth-order valence-corrected chi connectivity index (χ4v) is 2.04. The van der Waals surface area contributed by atoms with Crippen LogP contribution in [0.3, 0.4) is 0 Å². The van der Waals surface area contributed by atoms with E-state index in [2.05, 4.69) is 0 Å². The molecule has 0 aromatic carbocycles. The van der Waals surface area contributed by atoms with Gasteiger partial charge in [0.2, 0.25) is 0 Å². The van der Waals surface area contributed by atoms with Crippen molar-refractivity contribution < 1.29 is 9.53 Å². The summed E-state index contributed by atoms with van der Waals surface area (Å²) in [4.78, 5) is 11.6. The fraction of sp³-hybridized carbons (Fsp3) is 0.700. The minimum absolute atomic E-state index is 0.150. The maximum absolute atomic E-state index is 11.6. The fourth-order valence-electron chi connectivity index (χ4n) is 1.04. The van der Waals surface area contributed by atoms with Crippen LogP contribution in [0.5, 0.6) is 0 Å². The Balaban J connectivity index is 4.52. The highest BCUT2D eigenvalue weighted by Gasteiger charge is 2.19. The van der Waals surface area contributed by atoms with Gasteiger partial charge in [-0.3, -0.25) is 0 Å². The topological polar surface area (TPSA) is 26.3 Å². The zero-order valence-corrected chi connectivity index (χ0v) is 11.5. The van der Waals surface area contributed by atoms with Crippen LogP contribution in [-0.4, -0.2) is 21.8 Å². The van der Waals surface area contributed by atoms with E-state index >= 15 is 0 Å². The van der Waals surface area contributed by atoms with E-state index in [4.69, 9.17) is 4.74 Å². The summed E-state index contributed by atoms with van der Waals surface area (Å²) >= 11 is 0. The van der Waals surface area contributed by atoms with Gasteiger partial charge in [0.1, 0.15) is 5.60 Å². The van der Waals surface area contributed by atoms with Crippen LogP contribution in [0.1, 0.15) is 34.6 Å². The second kappa shape index (κ2) is 4.60. The van der Waals surface area contributed by atoms with Gasteiger partial charge in [-0.05, 0) is 40.7 Å². The second-order valence-electron chi connectivity index (χ2n) is 4.33. The number of rotatable bonds is 2. The van der Waals surface area contributed by atoms with Crippen LogP contribution < -0.4 is 0 Å². The van der Waals surface area contributed by atoms with Gasteiger partial charge in [-0.25, -0.2) is 4.79 Å². The van der Waals surface area contributed by atoms with Gasteiger partial charge in [-0.15, -0.1) is 0 Å². The molecule has 0 heterocycles. The lowest BCUT2D eigenvalue weighted by molar-refractivity contribution is -0.149. The molecule has 0 spiro atoms. The molecule has 0 bridgehead atoms. The van der Waals surface area contributed by atoms with Crippen LogP contribution >= 0.6 is 0 Å². The van der Waals surface area contributed by atoms with Gasteiger partial charge < -0.3 is 4.74 Å². The summed E-state index contributed by atoms with van der Waals surface area (Å²) in [6.07, 6.45) is 0. The van der Waals surface area contributed by atoms with Crippen LogP contribution in [0, 0.1) is 0 Å². The van der Waals surface area contributed by atoms with E-state index in [1.807, 2.05) is 34.6 Å². The van der Waals surface area contributed by atoms with E-state index in [0.29, 0.717) is 0 Å². The van der Waals surface area contributed by atoms with E-state index in [0.717, 1.165) is 27.4 Å². The Morgan fingerprint density at radius 1 is 1.31 bits per heavy atom. The Hall–Kier alpha value is -0.573. The van der Waals surface area contributed by atoms with Crippen LogP contribution in [0.25, 0.3) is 0 Å². The van der Waals surface area contributed by atoms with Crippen molar-refractivity contribution >= 4 is 16.2 Å². The zero-order valence-electron chi connectivity index (χ0n) is 9.52. The van der Waals surface area contributed by atoms with E-state index in [1.54, 1.807) is 0 Å². The Kier molecular flexibility index (Phi) is 4.40. The number of ether oxygens (including phenoxy) is 1. The third-order valence-electron chi connectivity index (χ3n) is 1.60. The van der Waals surface area contributed by atoms with Gasteiger partial charge >= 0.3 is 5.97 Å². The molecule has 0 aliphatic rings. The number of hydrogen-bond donors (Lipinski definition) is 0. The molecule has 0 N–H and O–H groups in total. The first-order valence-electron chi connectivity index (χ1n) is 4.67. The smallest absolute Gasteiger partial charge is 0.334 e. The molecule has 0 fully saturated rings. The highest BCUT2D eigenvalue weighted by Crippen LogP contribution is 2.15. The van der Waals surface area contributed by atoms with E-state index < -0.39 is 0 Å². The predicted octanol–water partition coefficient (Wildman–Crippen LogP) is 1.45. The van der Waals surface area contributed by atoms with Gasteiger partial charge in [0, 0.05) is 15.8 Å². The number of allylic oxidation sites excluding steroid dienone is 1. The van der Waals surface area contributed by atoms with Crippen LogP contribution in [0.15, 0.2) is 11.1 Å². The molecular formula is C10H20O2Si. The minimum Gasteiger partial charge on any atom is -0.457 e. The number of carbonyl (C=O) groups excluding carboxylic acids is 1. The summed E-state index contributed by atoms with van der Waals surface area (Å²) in [5.41, 5.74) is 1.54. The molecule has 0 aliphatic carbocycles. The number of hydrogen-bond acceptors (Lipinski definition) is 2. The molecule has 13 heavy (non-hydrogen) atoms. The maximum Gasteiger partial charge on any atom is 0.334 e. The van der Waals surface area contributed by atoms with E-state index in [9.17, 15) is 4.79 Å². The number of esters is 1. The number of carbonyl (C=O) groups is 1. The summed E-state index contributed by atoms with van der Waals surface area (Å²) in [6, 6.07) is 0.872. The van der Waals surface area contributed by atoms with Gasteiger partial charge in [-0.1, -0.05) is 5.57 Å². The van der Waals surface area contributed by atoms with Crippen molar-refractivity contribution in [3.05, 3.63) is 11.1 Å². The second-order valence-corrected chi connectivity index (χ2v) is 5.04. The SMILES string of the molecule is CC(C)=C(C[SiH3])C(=O)OC(C)(C)C. The van der Waals surface area contributed by atoms with Crippen molar-refractivity contribution in [2.24, 2.45) is 0 Å². The lowest BCUT2D eigenvalue weighted by Gasteiger charge is -2.20. The molecule has 0 aromatic rings. The quantitative estimate of drug-likeness (QED) is 0.383. The first-order valence-corrected chi connectivity index (χ1v) is 6.09. The third kappa shape index (κ3) is 4.88. The Bertz CT molecular complexity index is 220. The Morgan fingerprint density at radius 3 is 2.00 bits per heavy atom. The van der Waals surface area contributed by atoms with Crippen molar-refractivity contribution in [3.8, 4) is 0 Å². The van der Waals surface area contributed by atoms with E-state index in [1.165, 1.54) is 0 Å². The summed E-state index contributed by atoms with van der Waals surface area (Å²) in [5.74, 6) is -0.150. The molecule has 0 radical (unpaired) electrons. The summed E-state index contributed by atoms with van der Waals surface area (Å²) in [7, 11) is 1.00. The normalized spacial score (nSPS) is 11.2. The molecule has 3 heteroatoms. The van der Waals surface area contributed by atoms with Crippen LogP contribution in [0.4, 0.5) is 0 Å². The summed E-state index contributed by atoms with van der Waals surface area (Å²) in [6.45, 7) is 9.58. The van der Waals surface area contributed by atoms with Crippen molar-refractivity contribution in [1.82, 2.24) is 0 Å². The average Bonchev–Trinajstić information content (AvgIpc) is 1.82. The monoisotopic (exact) mass is 200 g/mol. The van der Waals surface area contributed by atoms with Gasteiger partial charge in [0.15, 0.2) is 0 Å². The highest BCUT2D eigenvalue weighted by molar-refractivity contribution is 6.14. The van der Waals surface area contributed by atoms with Crippen LogP contribution in [0.2, 0.25) is 6.04 Å². The molecule has 76 valence electrons. The first-order chi connectivity index (χ1) is 5.78. The zero-order chi connectivity index (χ0) is 10.6. The molecule has 2 nitrogen and oxygen atoms in total. The molecule has 0 unspecified atom stereocenters. The van der Waals surface area contributed by atoms with Gasteiger partial charge in [0.25, 0.3) is 0 Å². The van der Waals surface area contributed by atoms with Crippen molar-refractivity contribution in [2.45, 2.75) is 46.3 Å². The predicted molar refractivity (Wildman–Crippen MR) is 59.0 cm³/mol. The minimum atomic E-state index is -0.380. The van der Waals surface area contributed by atoms with Gasteiger partial charge in [-0.2, -0.15) is 0 Å². The van der Waals surface area contributed by atoms with Crippen molar-refractivity contribution in [3.63, 3.8) is 0 Å². The standard InChI is InChI=1S/C10H20O2Si/c1-7(2)8(6-13)9(11)12-10(3,4)5/h6H2,1-5,13H3. The lowest BCUT2D eigenvalue weighted by Crippen LogP contribution is -2.25. The molecule has 0 saturated carbocycles. The molecule has 0 saturated heterocycles. The largest absolute Gasteiger partial charge is 0.457 e. The van der Waals surface area contributed by atoms with Crippen molar-refractivity contribution in [1.29, 1.82) is 0 Å². The molecule has 0 aromatic heterocycles. The van der Waals surface area contributed by atoms with Crippen LogP contribution in [-0.2, 0) is 9.53 Å². The first kappa shape index (κ1) is 12.4. The summed E-state index contributed by atoms with van der Waals surface area (Å²) < 4.78 is 5.28. The maximum atomic E-state index is 11.6. The third-order valence-corrected chi connectivity index (χ3v) is 2.31. The van der Waals surface area contributed by atoms with Gasteiger partial charge in [0.05, 0.1) is 0 Å². The average molecular weight is 200 g/mol. The Labute approximate surface area is 83.8 Å². The Morgan fingerprint density at radius 2 is 1.77 bits per heavy atom. The molecule has 0 rings (SSSR count). The van der Waals surface area contributed by atoms with Crippen molar-refractivity contribution in [2.75, 3.05) is 0 Å². The molecule has 0 amide bonds. The lowest BCUT2D eigenvalue weighted by atomic mass is 10.1. The van der Waals surface area contributed by atoms with E-state index in [-0.39, 0.29) is 11.6 Å². The highest BCUT2D eigenvalue weighted by atomic mass is 28.1. The molecule has 0 atom stereocenters. The molecule has 0 aliphatic heterocycles. The summed E-state index contributed by atoms with van der Waals surface area (Å²) in [5, 5.41) is 0.